The Morgan fingerprint density at radius 1 is 0.938 bits per heavy atom. The van der Waals surface area contributed by atoms with Gasteiger partial charge in [-0.15, -0.1) is 0 Å². The van der Waals surface area contributed by atoms with Crippen LogP contribution in [0.4, 0.5) is 0 Å². The van der Waals surface area contributed by atoms with Gasteiger partial charge in [-0.05, 0) is 0 Å². The molecule has 0 aliphatic carbocycles. The molecule has 0 aliphatic rings. The summed E-state index contributed by atoms with van der Waals surface area (Å²) < 4.78 is 2.60. The van der Waals surface area contributed by atoms with Gasteiger partial charge in [-0.3, -0.25) is 0 Å². The third kappa shape index (κ3) is 1.77. The minimum atomic E-state index is 0.403. The standard InChI is InChI=1S/C13H9NSe2/c15-13-14-12-10(7-4-8-11(12)16-13)9-5-2-1-3-6-9/h1-8H,(H,14,15). The molecule has 0 bridgehead atoms. The van der Waals surface area contributed by atoms with E-state index in [4.69, 9.17) is 0 Å². The van der Waals surface area contributed by atoms with E-state index in [2.05, 4.69) is 63.5 Å². The second-order valence-corrected chi connectivity index (χ2v) is 8.04. The first-order chi connectivity index (χ1) is 7.84. The van der Waals surface area contributed by atoms with Crippen molar-refractivity contribution in [2.24, 2.45) is 0 Å². The molecule has 78 valence electrons. The second kappa shape index (κ2) is 4.19. The van der Waals surface area contributed by atoms with Gasteiger partial charge < -0.3 is 0 Å². The monoisotopic (exact) mass is 339 g/mol. The first-order valence-electron chi connectivity index (χ1n) is 4.98. The fourth-order valence-electron chi connectivity index (χ4n) is 1.79. The van der Waals surface area contributed by atoms with Gasteiger partial charge in [0, 0.05) is 0 Å². The van der Waals surface area contributed by atoms with E-state index < -0.39 is 0 Å². The van der Waals surface area contributed by atoms with E-state index in [1.807, 2.05) is 6.07 Å². The van der Waals surface area contributed by atoms with E-state index in [1.165, 1.54) is 24.4 Å². The van der Waals surface area contributed by atoms with Crippen molar-refractivity contribution >= 4 is 43.8 Å². The number of para-hydroxylation sites is 1. The van der Waals surface area contributed by atoms with E-state index in [0.717, 1.165) is 0 Å². The quantitative estimate of drug-likeness (QED) is 0.613. The Morgan fingerprint density at radius 2 is 1.75 bits per heavy atom. The molecular formula is C13H9NSe2. The third-order valence-corrected chi connectivity index (χ3v) is 5.42. The molecule has 0 saturated heterocycles. The molecule has 0 fully saturated rings. The number of fused-ring (bicyclic) bond motifs is 1. The fraction of sp³-hybridized carbons (Fsp3) is 0. The van der Waals surface area contributed by atoms with Crippen molar-refractivity contribution in [2.75, 3.05) is 0 Å². The van der Waals surface area contributed by atoms with Crippen LogP contribution in [0.2, 0.25) is 0 Å². The summed E-state index contributed by atoms with van der Waals surface area (Å²) in [5.41, 5.74) is 3.67. The topological polar surface area (TPSA) is 12.9 Å². The molecule has 0 atom stereocenters. The maximum absolute atomic E-state index is 4.65. The maximum atomic E-state index is 4.65. The van der Waals surface area contributed by atoms with Crippen molar-refractivity contribution in [1.29, 1.82) is 0 Å². The van der Waals surface area contributed by atoms with Crippen LogP contribution in [0, 0.1) is 0 Å². The fourth-order valence-corrected chi connectivity index (χ4v) is 4.61. The molecule has 0 amide bonds. The van der Waals surface area contributed by atoms with E-state index in [0.29, 0.717) is 14.5 Å². The molecule has 1 aromatic heterocycles. The number of benzene rings is 2. The van der Waals surface area contributed by atoms with Crippen LogP contribution in [0.3, 0.4) is 0 Å². The average Bonchev–Trinajstić information content (AvgIpc) is 2.70. The molecule has 3 aromatic rings. The Bertz CT molecular complexity index is 629. The van der Waals surface area contributed by atoms with Gasteiger partial charge in [-0.2, -0.15) is 0 Å². The number of aromatic nitrogens is 1. The predicted octanol–water partition coefficient (Wildman–Crippen LogP) is 1.48. The van der Waals surface area contributed by atoms with Crippen molar-refractivity contribution in [1.82, 2.24) is 4.98 Å². The molecule has 0 unspecified atom stereocenters. The van der Waals surface area contributed by atoms with Crippen molar-refractivity contribution < 1.29 is 0 Å². The summed E-state index contributed by atoms with van der Waals surface area (Å²) in [6, 6.07) is 16.9. The van der Waals surface area contributed by atoms with Gasteiger partial charge in [0.25, 0.3) is 0 Å². The Kier molecular flexibility index (Phi) is 2.70. The van der Waals surface area contributed by atoms with Gasteiger partial charge in [0.1, 0.15) is 0 Å². The molecule has 1 heterocycles. The van der Waals surface area contributed by atoms with Crippen LogP contribution in [-0.4, -0.2) is 35.5 Å². The molecular weight excluding hydrogens is 328 g/mol. The van der Waals surface area contributed by atoms with Crippen molar-refractivity contribution in [2.45, 2.75) is 0 Å². The molecule has 0 N–H and O–H groups in total. The third-order valence-electron chi connectivity index (χ3n) is 2.49. The zero-order valence-corrected chi connectivity index (χ0v) is 12.0. The van der Waals surface area contributed by atoms with E-state index >= 15 is 0 Å². The van der Waals surface area contributed by atoms with Crippen LogP contribution in [-0.2, 0) is 0 Å². The molecule has 3 rings (SSSR count). The van der Waals surface area contributed by atoms with Gasteiger partial charge in [0.05, 0.1) is 0 Å². The average molecular weight is 337 g/mol. The Hall–Kier alpha value is -0.851. The number of rotatable bonds is 1. The van der Waals surface area contributed by atoms with Gasteiger partial charge in [-0.25, -0.2) is 0 Å². The normalized spacial score (nSPS) is 10.8. The van der Waals surface area contributed by atoms with Crippen LogP contribution in [0.5, 0.6) is 0 Å². The zero-order chi connectivity index (χ0) is 11.0. The van der Waals surface area contributed by atoms with Crippen molar-refractivity contribution in [3.63, 3.8) is 0 Å². The van der Waals surface area contributed by atoms with E-state index in [1.54, 1.807) is 0 Å². The van der Waals surface area contributed by atoms with Crippen LogP contribution in [0.25, 0.3) is 20.9 Å². The first kappa shape index (κ1) is 10.3. The Labute approximate surface area is 108 Å². The molecule has 16 heavy (non-hydrogen) atoms. The second-order valence-electron chi connectivity index (χ2n) is 3.51. The summed E-state index contributed by atoms with van der Waals surface area (Å²) in [5.74, 6) is 0. The SMILES string of the molecule is [SeH]c1nc2c(-c3ccccc3)cccc2[se]1. The van der Waals surface area contributed by atoms with Gasteiger partial charge >= 0.3 is 108 Å². The Balaban J connectivity index is 2.31. The molecule has 1 nitrogen and oxygen atoms in total. The summed E-state index contributed by atoms with van der Waals surface area (Å²) in [4.78, 5) is 4.65. The summed E-state index contributed by atoms with van der Waals surface area (Å²) >= 11 is 2.98. The molecule has 2 aromatic carbocycles. The van der Waals surface area contributed by atoms with Gasteiger partial charge in [0.2, 0.25) is 0 Å². The number of nitrogens with zero attached hydrogens (tertiary/aromatic N) is 1. The minimum absolute atomic E-state index is 0.403. The zero-order valence-electron chi connectivity index (χ0n) is 8.42. The Morgan fingerprint density at radius 3 is 2.56 bits per heavy atom. The molecule has 3 heteroatoms. The van der Waals surface area contributed by atoms with Crippen molar-refractivity contribution in [3.8, 4) is 11.1 Å². The predicted molar refractivity (Wildman–Crippen MR) is 70.9 cm³/mol. The van der Waals surface area contributed by atoms with E-state index in [-0.39, 0.29) is 0 Å². The molecule has 0 spiro atoms. The van der Waals surface area contributed by atoms with E-state index in [9.17, 15) is 0 Å². The summed E-state index contributed by atoms with van der Waals surface area (Å²) in [5, 5.41) is 0. The van der Waals surface area contributed by atoms with Crippen molar-refractivity contribution in [3.05, 3.63) is 48.5 Å². The van der Waals surface area contributed by atoms with Crippen LogP contribution >= 0.6 is 0 Å². The first-order valence-corrected chi connectivity index (χ1v) is 7.64. The summed E-state index contributed by atoms with van der Waals surface area (Å²) in [6.07, 6.45) is 0. The van der Waals surface area contributed by atoms with Crippen LogP contribution in [0.15, 0.2) is 48.5 Å². The van der Waals surface area contributed by atoms with Gasteiger partial charge in [0.15, 0.2) is 0 Å². The molecule has 0 saturated carbocycles. The molecule has 0 radical (unpaired) electrons. The number of hydrogen-bond acceptors (Lipinski definition) is 1. The number of hydrogen-bond donors (Lipinski definition) is 0. The van der Waals surface area contributed by atoms with Crippen LogP contribution in [0.1, 0.15) is 0 Å². The van der Waals surface area contributed by atoms with Crippen LogP contribution < -0.4 is 3.47 Å². The van der Waals surface area contributed by atoms with Gasteiger partial charge in [-0.1, -0.05) is 0 Å². The molecule has 0 aliphatic heterocycles. The summed E-state index contributed by atoms with van der Waals surface area (Å²) in [6.45, 7) is 0. The summed E-state index contributed by atoms with van der Waals surface area (Å²) in [7, 11) is 0.